The molecule has 160 valence electrons. The topological polar surface area (TPSA) is 98.2 Å². The number of anilines is 1. The van der Waals surface area contributed by atoms with Crippen LogP contribution in [-0.4, -0.2) is 38.4 Å². The van der Waals surface area contributed by atoms with Gasteiger partial charge in [0.1, 0.15) is 12.2 Å². The standard InChI is InChI=1S/C22H27N3O5/c1-4-13-30-22-16(7-6-8-19(22)28-3)15-23-25-21(27)14-20(26)24-17-9-11-18(12-10-17)29-5-2/h6-12,15H,4-5,13-14H2,1-3H3,(H,24,26)(H,25,27). The molecule has 0 bridgehead atoms. The summed E-state index contributed by atoms with van der Waals surface area (Å²) in [5.41, 5.74) is 3.58. The minimum Gasteiger partial charge on any atom is -0.494 e. The first-order chi connectivity index (χ1) is 14.6. The molecule has 8 nitrogen and oxygen atoms in total. The first kappa shape index (κ1) is 22.7. The predicted molar refractivity (Wildman–Crippen MR) is 115 cm³/mol. The number of hydrazone groups is 1. The molecule has 0 aliphatic heterocycles. The van der Waals surface area contributed by atoms with Crippen LogP contribution in [0, 0.1) is 0 Å². The number of amides is 2. The Kier molecular flexibility index (Phi) is 9.18. The third kappa shape index (κ3) is 7.12. The van der Waals surface area contributed by atoms with Gasteiger partial charge in [0.15, 0.2) is 11.5 Å². The molecule has 0 saturated carbocycles. The molecule has 0 aliphatic rings. The van der Waals surface area contributed by atoms with Gasteiger partial charge in [0.25, 0.3) is 0 Å². The Morgan fingerprint density at radius 1 is 1.03 bits per heavy atom. The van der Waals surface area contributed by atoms with Gasteiger partial charge in [-0.1, -0.05) is 13.0 Å². The van der Waals surface area contributed by atoms with E-state index in [1.807, 2.05) is 13.8 Å². The number of ether oxygens (including phenoxy) is 3. The second-order valence-corrected chi connectivity index (χ2v) is 6.20. The monoisotopic (exact) mass is 413 g/mol. The summed E-state index contributed by atoms with van der Waals surface area (Å²) in [6, 6.07) is 12.3. The highest BCUT2D eigenvalue weighted by Gasteiger charge is 2.11. The molecule has 2 rings (SSSR count). The zero-order chi connectivity index (χ0) is 21.8. The van der Waals surface area contributed by atoms with E-state index in [1.165, 1.54) is 6.21 Å². The van der Waals surface area contributed by atoms with Gasteiger partial charge in [-0.2, -0.15) is 5.10 Å². The van der Waals surface area contributed by atoms with E-state index in [-0.39, 0.29) is 6.42 Å². The number of methoxy groups -OCH3 is 1. The lowest BCUT2D eigenvalue weighted by Crippen LogP contribution is -2.24. The summed E-state index contributed by atoms with van der Waals surface area (Å²) in [5.74, 6) is 0.859. The van der Waals surface area contributed by atoms with Gasteiger partial charge in [-0.15, -0.1) is 0 Å². The molecule has 0 atom stereocenters. The third-order valence-corrected chi connectivity index (χ3v) is 3.84. The molecule has 2 amide bonds. The first-order valence-corrected chi connectivity index (χ1v) is 9.71. The van der Waals surface area contributed by atoms with E-state index in [4.69, 9.17) is 14.2 Å². The fourth-order valence-electron chi connectivity index (χ4n) is 2.52. The van der Waals surface area contributed by atoms with Crippen molar-refractivity contribution in [3.05, 3.63) is 48.0 Å². The van der Waals surface area contributed by atoms with Crippen molar-refractivity contribution in [2.45, 2.75) is 26.7 Å². The quantitative estimate of drug-likeness (QED) is 0.334. The number of carbonyl (C=O) groups is 2. The second kappa shape index (κ2) is 12.1. The molecule has 0 fully saturated rings. The van der Waals surface area contributed by atoms with E-state index >= 15 is 0 Å². The number of nitrogens with one attached hydrogen (secondary N) is 2. The molecule has 30 heavy (non-hydrogen) atoms. The van der Waals surface area contributed by atoms with Gasteiger partial charge in [0.05, 0.1) is 26.5 Å². The van der Waals surface area contributed by atoms with Gasteiger partial charge in [-0.25, -0.2) is 5.43 Å². The summed E-state index contributed by atoms with van der Waals surface area (Å²) in [6.07, 6.45) is 1.94. The zero-order valence-electron chi connectivity index (χ0n) is 17.4. The number of carbonyl (C=O) groups excluding carboxylic acids is 2. The molecule has 2 aromatic rings. The minimum atomic E-state index is -0.534. The summed E-state index contributed by atoms with van der Waals surface area (Å²) in [6.45, 7) is 4.99. The van der Waals surface area contributed by atoms with Crippen LogP contribution >= 0.6 is 0 Å². The van der Waals surface area contributed by atoms with E-state index in [0.717, 1.165) is 6.42 Å². The van der Waals surface area contributed by atoms with Crippen LogP contribution in [0.2, 0.25) is 0 Å². The Labute approximate surface area is 176 Å². The van der Waals surface area contributed by atoms with Gasteiger partial charge < -0.3 is 19.5 Å². The highest BCUT2D eigenvalue weighted by molar-refractivity contribution is 6.03. The lowest BCUT2D eigenvalue weighted by molar-refractivity contribution is -0.126. The van der Waals surface area contributed by atoms with Gasteiger partial charge in [-0.3, -0.25) is 9.59 Å². The van der Waals surface area contributed by atoms with Crippen molar-refractivity contribution in [3.63, 3.8) is 0 Å². The van der Waals surface area contributed by atoms with Crippen molar-refractivity contribution in [2.75, 3.05) is 25.6 Å². The second-order valence-electron chi connectivity index (χ2n) is 6.20. The fraction of sp³-hybridized carbons (Fsp3) is 0.318. The molecule has 0 saturated heterocycles. The van der Waals surface area contributed by atoms with Crippen molar-refractivity contribution in [1.29, 1.82) is 0 Å². The Morgan fingerprint density at radius 3 is 2.47 bits per heavy atom. The maximum Gasteiger partial charge on any atom is 0.249 e. The van der Waals surface area contributed by atoms with E-state index < -0.39 is 11.8 Å². The van der Waals surface area contributed by atoms with Gasteiger partial charge in [0, 0.05) is 11.3 Å². The minimum absolute atomic E-state index is 0.359. The molecule has 8 heteroatoms. The average molecular weight is 413 g/mol. The van der Waals surface area contributed by atoms with Gasteiger partial charge in [-0.05, 0) is 49.7 Å². The van der Waals surface area contributed by atoms with Crippen LogP contribution in [0.4, 0.5) is 5.69 Å². The normalized spacial score (nSPS) is 10.5. The summed E-state index contributed by atoms with van der Waals surface area (Å²) in [5, 5.41) is 6.58. The van der Waals surface area contributed by atoms with E-state index in [2.05, 4.69) is 15.8 Å². The highest BCUT2D eigenvalue weighted by Crippen LogP contribution is 2.30. The predicted octanol–water partition coefficient (Wildman–Crippen LogP) is 3.36. The number of hydrogen-bond donors (Lipinski definition) is 2. The van der Waals surface area contributed by atoms with Crippen LogP contribution in [-0.2, 0) is 9.59 Å². The van der Waals surface area contributed by atoms with Crippen LogP contribution in [0.25, 0.3) is 0 Å². The molecule has 2 aromatic carbocycles. The Bertz CT molecular complexity index is 866. The smallest absolute Gasteiger partial charge is 0.249 e. The summed E-state index contributed by atoms with van der Waals surface area (Å²) < 4.78 is 16.4. The SMILES string of the molecule is CCCOc1c(C=NNC(=O)CC(=O)Nc2ccc(OCC)cc2)cccc1OC. The fourth-order valence-corrected chi connectivity index (χ4v) is 2.52. The Morgan fingerprint density at radius 2 is 1.80 bits per heavy atom. The number of hydrogen-bond acceptors (Lipinski definition) is 6. The first-order valence-electron chi connectivity index (χ1n) is 9.71. The molecule has 2 N–H and O–H groups in total. The third-order valence-electron chi connectivity index (χ3n) is 3.84. The number of nitrogens with zero attached hydrogens (tertiary/aromatic N) is 1. The van der Waals surface area contributed by atoms with Crippen molar-refractivity contribution >= 4 is 23.7 Å². The molecular formula is C22H27N3O5. The molecular weight excluding hydrogens is 386 g/mol. The van der Waals surface area contributed by atoms with E-state index in [1.54, 1.807) is 49.6 Å². The number of rotatable bonds is 11. The molecule has 0 aliphatic carbocycles. The van der Waals surface area contributed by atoms with Gasteiger partial charge >= 0.3 is 0 Å². The van der Waals surface area contributed by atoms with Crippen molar-refractivity contribution in [3.8, 4) is 17.2 Å². The maximum atomic E-state index is 12.0. The molecule has 0 heterocycles. The average Bonchev–Trinajstić information content (AvgIpc) is 2.74. The highest BCUT2D eigenvalue weighted by atomic mass is 16.5. The molecule has 0 aromatic heterocycles. The van der Waals surface area contributed by atoms with Crippen molar-refractivity contribution < 1.29 is 23.8 Å². The zero-order valence-corrected chi connectivity index (χ0v) is 17.4. The molecule has 0 radical (unpaired) electrons. The van der Waals surface area contributed by atoms with Crippen LogP contribution < -0.4 is 25.0 Å². The lowest BCUT2D eigenvalue weighted by Gasteiger charge is -2.12. The van der Waals surface area contributed by atoms with E-state index in [9.17, 15) is 9.59 Å². The largest absolute Gasteiger partial charge is 0.494 e. The summed E-state index contributed by atoms with van der Waals surface area (Å²) in [7, 11) is 1.56. The van der Waals surface area contributed by atoms with Crippen LogP contribution in [0.1, 0.15) is 32.3 Å². The molecule has 0 spiro atoms. The summed E-state index contributed by atoms with van der Waals surface area (Å²) in [4.78, 5) is 24.0. The van der Waals surface area contributed by atoms with Crippen molar-refractivity contribution in [2.24, 2.45) is 5.10 Å². The number of benzene rings is 2. The Hall–Kier alpha value is -3.55. The van der Waals surface area contributed by atoms with Crippen LogP contribution in [0.15, 0.2) is 47.6 Å². The van der Waals surface area contributed by atoms with Crippen LogP contribution in [0.5, 0.6) is 17.2 Å². The molecule has 0 unspecified atom stereocenters. The lowest BCUT2D eigenvalue weighted by atomic mass is 10.2. The van der Waals surface area contributed by atoms with Gasteiger partial charge in [0.2, 0.25) is 11.8 Å². The maximum absolute atomic E-state index is 12.0. The number of para-hydroxylation sites is 1. The van der Waals surface area contributed by atoms with E-state index in [0.29, 0.717) is 41.7 Å². The Balaban J connectivity index is 1.89. The van der Waals surface area contributed by atoms with Crippen LogP contribution in [0.3, 0.4) is 0 Å². The van der Waals surface area contributed by atoms with Crippen molar-refractivity contribution in [1.82, 2.24) is 5.43 Å². The summed E-state index contributed by atoms with van der Waals surface area (Å²) >= 11 is 0.